The molecule has 2 aromatic heterocycles. The number of rotatable bonds is 9. The summed E-state index contributed by atoms with van der Waals surface area (Å²) in [5.41, 5.74) is 18.7. The molecule has 1 aliphatic rings. The second-order valence-corrected chi connectivity index (χ2v) is 18.7. The van der Waals surface area contributed by atoms with Gasteiger partial charge in [0.05, 0.1) is 27.9 Å². The maximum absolute atomic E-state index is 6.50. The summed E-state index contributed by atoms with van der Waals surface area (Å²) >= 11 is 0. The van der Waals surface area contributed by atoms with E-state index in [-0.39, 0.29) is 5.41 Å². The average Bonchev–Trinajstić information content (AvgIpc) is 3.87. The molecule has 10 aromatic carbocycles. The van der Waals surface area contributed by atoms with Crippen LogP contribution < -0.4 is 9.64 Å². The van der Waals surface area contributed by atoms with Crippen molar-refractivity contribution in [3.63, 3.8) is 0 Å². The largest absolute Gasteiger partial charge is 0.457 e. The molecule has 13 rings (SSSR count). The zero-order chi connectivity index (χ0) is 46.8. The third-order valence-electron chi connectivity index (χ3n) is 14.2. The molecule has 4 nitrogen and oxygen atoms in total. The lowest BCUT2D eigenvalue weighted by Crippen LogP contribution is -2.16. The van der Waals surface area contributed by atoms with E-state index in [9.17, 15) is 0 Å². The number of nitrogens with zero attached hydrogens (tertiary/aromatic N) is 3. The van der Waals surface area contributed by atoms with Gasteiger partial charge in [-0.3, -0.25) is 0 Å². The minimum absolute atomic E-state index is 0.208. The van der Waals surface area contributed by atoms with Gasteiger partial charge in [0, 0.05) is 55.3 Å². The molecule has 0 fully saturated rings. The highest BCUT2D eigenvalue weighted by Gasteiger charge is 2.36. The van der Waals surface area contributed by atoms with Gasteiger partial charge in [-0.15, -0.1) is 0 Å². The lowest BCUT2D eigenvalue weighted by atomic mass is 9.82. The van der Waals surface area contributed by atoms with Crippen molar-refractivity contribution in [3.05, 3.63) is 260 Å². The summed E-state index contributed by atoms with van der Waals surface area (Å²) in [6.07, 6.45) is 0. The molecule has 12 aromatic rings. The quantitative estimate of drug-likeness (QED) is 0.145. The summed E-state index contributed by atoms with van der Waals surface area (Å²) in [4.78, 5) is 8.04. The molecule has 0 radical (unpaired) electrons. The van der Waals surface area contributed by atoms with Gasteiger partial charge in [-0.1, -0.05) is 178 Å². The van der Waals surface area contributed by atoms with E-state index in [1.165, 1.54) is 27.6 Å². The molecule has 1 aliphatic carbocycles. The SMILES string of the molecule is CC1(C)c2ccccc2-c2ccc(N(c3ccc(-c4ccccc4Oc4ccccc4)cc3)c3cc(-c4nc5ccccc5cc4-c4ccccc4)cc4c3c3ccccc3n4-c3ccccc3)cc21. The van der Waals surface area contributed by atoms with Crippen molar-refractivity contribution >= 4 is 49.8 Å². The fraction of sp³-hybridized carbons (Fsp3) is 0.0455. The van der Waals surface area contributed by atoms with Crippen LogP contribution in [0.25, 0.3) is 83.0 Å². The molecule has 0 N–H and O–H groups in total. The van der Waals surface area contributed by atoms with Gasteiger partial charge in [0.2, 0.25) is 0 Å². The van der Waals surface area contributed by atoms with Crippen molar-refractivity contribution in [2.75, 3.05) is 4.90 Å². The van der Waals surface area contributed by atoms with Gasteiger partial charge in [-0.25, -0.2) is 4.98 Å². The highest BCUT2D eigenvalue weighted by Crippen LogP contribution is 2.53. The zero-order valence-corrected chi connectivity index (χ0v) is 38.9. The number of hydrogen-bond donors (Lipinski definition) is 0. The van der Waals surface area contributed by atoms with E-state index < -0.39 is 0 Å². The molecule has 4 heteroatoms. The summed E-state index contributed by atoms with van der Waals surface area (Å²) in [5.74, 6) is 1.60. The van der Waals surface area contributed by atoms with Crippen LogP contribution in [0.4, 0.5) is 17.1 Å². The molecular weight excluding hydrogens is 851 g/mol. The average molecular weight is 898 g/mol. The molecule has 332 valence electrons. The molecule has 0 atom stereocenters. The number of benzene rings is 10. The van der Waals surface area contributed by atoms with Crippen LogP contribution in [0.15, 0.2) is 249 Å². The summed E-state index contributed by atoms with van der Waals surface area (Å²) in [7, 11) is 0. The summed E-state index contributed by atoms with van der Waals surface area (Å²) < 4.78 is 8.93. The van der Waals surface area contributed by atoms with Crippen LogP contribution in [0, 0.1) is 0 Å². The Bertz CT molecular complexity index is 3930. The Morgan fingerprint density at radius 1 is 0.443 bits per heavy atom. The van der Waals surface area contributed by atoms with Crippen molar-refractivity contribution in [1.29, 1.82) is 0 Å². The van der Waals surface area contributed by atoms with Crippen LogP contribution in [0.3, 0.4) is 0 Å². The van der Waals surface area contributed by atoms with Crippen molar-refractivity contribution in [3.8, 4) is 61.8 Å². The van der Waals surface area contributed by atoms with Crippen LogP contribution in [-0.2, 0) is 5.41 Å². The van der Waals surface area contributed by atoms with E-state index in [1.54, 1.807) is 0 Å². The molecule has 0 amide bonds. The predicted molar refractivity (Wildman–Crippen MR) is 291 cm³/mol. The fourth-order valence-corrected chi connectivity index (χ4v) is 10.9. The number of anilines is 3. The van der Waals surface area contributed by atoms with Crippen molar-refractivity contribution in [2.24, 2.45) is 0 Å². The lowest BCUT2D eigenvalue weighted by Gasteiger charge is -2.29. The van der Waals surface area contributed by atoms with Crippen molar-refractivity contribution in [1.82, 2.24) is 9.55 Å². The van der Waals surface area contributed by atoms with Crippen LogP contribution in [0.5, 0.6) is 11.5 Å². The van der Waals surface area contributed by atoms with Crippen LogP contribution in [0.1, 0.15) is 25.0 Å². The summed E-state index contributed by atoms with van der Waals surface area (Å²) in [5, 5.41) is 3.42. The Morgan fingerprint density at radius 3 is 1.89 bits per heavy atom. The fourth-order valence-electron chi connectivity index (χ4n) is 10.9. The first-order chi connectivity index (χ1) is 34.5. The first-order valence-corrected chi connectivity index (χ1v) is 24.0. The van der Waals surface area contributed by atoms with E-state index in [2.05, 4.69) is 230 Å². The minimum atomic E-state index is -0.208. The highest BCUT2D eigenvalue weighted by atomic mass is 16.5. The monoisotopic (exact) mass is 897 g/mol. The second-order valence-electron chi connectivity index (χ2n) is 18.7. The molecule has 0 spiro atoms. The Balaban J connectivity index is 1.10. The number of ether oxygens (including phenoxy) is 1. The summed E-state index contributed by atoms with van der Waals surface area (Å²) in [6, 6.07) is 89.0. The van der Waals surface area contributed by atoms with Crippen molar-refractivity contribution < 1.29 is 4.74 Å². The number of aromatic nitrogens is 2. The lowest BCUT2D eigenvalue weighted by molar-refractivity contribution is 0.484. The summed E-state index contributed by atoms with van der Waals surface area (Å²) in [6.45, 7) is 4.72. The molecule has 0 saturated carbocycles. The maximum atomic E-state index is 6.50. The molecule has 0 saturated heterocycles. The zero-order valence-electron chi connectivity index (χ0n) is 38.9. The van der Waals surface area contributed by atoms with E-state index in [1.807, 2.05) is 42.5 Å². The number of pyridine rings is 1. The first kappa shape index (κ1) is 41.2. The smallest absolute Gasteiger partial charge is 0.135 e. The Kier molecular flexibility index (Phi) is 9.81. The standard InChI is InChI=1S/C66H47N3O/c1-66(2)57-30-16-13-28-53(57)54-39-38-50(43-58(54)66)68(49-36-34-45(35-37-49)52-27-15-19-33-63(52)70-51-25-10-5-11-26-51)61-41-47(65-56(44-20-6-3-7-21-44)40-46-22-12-17-31-59(46)67-65)42-62-64(61)55-29-14-18-32-60(55)69(62)48-23-8-4-9-24-48/h3-43H,1-2H3. The van der Waals surface area contributed by atoms with E-state index in [0.717, 1.165) is 95.1 Å². The maximum Gasteiger partial charge on any atom is 0.135 e. The Hall–Kier alpha value is -8.99. The highest BCUT2D eigenvalue weighted by molar-refractivity contribution is 6.18. The number of fused-ring (bicyclic) bond motifs is 7. The van der Waals surface area contributed by atoms with Gasteiger partial charge in [-0.05, 0) is 118 Å². The molecule has 70 heavy (non-hydrogen) atoms. The topological polar surface area (TPSA) is 30.3 Å². The van der Waals surface area contributed by atoms with Gasteiger partial charge in [0.15, 0.2) is 0 Å². The van der Waals surface area contributed by atoms with Gasteiger partial charge in [0.25, 0.3) is 0 Å². The van der Waals surface area contributed by atoms with Crippen LogP contribution in [0.2, 0.25) is 0 Å². The van der Waals surface area contributed by atoms with E-state index in [0.29, 0.717) is 0 Å². The molecule has 0 aliphatic heterocycles. The normalized spacial score (nSPS) is 12.5. The molecule has 0 bridgehead atoms. The van der Waals surface area contributed by atoms with Gasteiger partial charge in [-0.2, -0.15) is 0 Å². The predicted octanol–water partition coefficient (Wildman–Crippen LogP) is 17.9. The van der Waals surface area contributed by atoms with Gasteiger partial charge in [0.1, 0.15) is 11.5 Å². The van der Waals surface area contributed by atoms with Crippen LogP contribution >= 0.6 is 0 Å². The molecule has 0 unspecified atom stereocenters. The Labute approximate surface area is 408 Å². The van der Waals surface area contributed by atoms with Gasteiger partial charge >= 0.3 is 0 Å². The number of hydrogen-bond acceptors (Lipinski definition) is 3. The first-order valence-electron chi connectivity index (χ1n) is 24.0. The Morgan fingerprint density at radius 2 is 1.07 bits per heavy atom. The molecular formula is C66H47N3O. The van der Waals surface area contributed by atoms with Crippen LogP contribution in [-0.4, -0.2) is 9.55 Å². The third-order valence-corrected chi connectivity index (χ3v) is 14.2. The number of para-hydroxylation sites is 5. The second kappa shape index (κ2) is 16.7. The van der Waals surface area contributed by atoms with E-state index in [4.69, 9.17) is 9.72 Å². The van der Waals surface area contributed by atoms with Crippen molar-refractivity contribution in [2.45, 2.75) is 19.3 Å². The minimum Gasteiger partial charge on any atom is -0.457 e. The molecule has 2 heterocycles. The van der Waals surface area contributed by atoms with E-state index >= 15 is 0 Å². The van der Waals surface area contributed by atoms with Gasteiger partial charge < -0.3 is 14.2 Å². The third kappa shape index (κ3) is 6.87.